The highest BCUT2D eigenvalue weighted by atomic mass is 32.2. The Morgan fingerprint density at radius 2 is 1.86 bits per heavy atom. The van der Waals surface area contributed by atoms with Crippen LogP contribution < -0.4 is 0 Å². The number of morpholine rings is 1. The molecule has 1 amide bonds. The van der Waals surface area contributed by atoms with Crippen molar-refractivity contribution in [1.29, 1.82) is 0 Å². The summed E-state index contributed by atoms with van der Waals surface area (Å²) in [4.78, 5) is 23.3. The minimum absolute atomic E-state index is 0.119. The molecular weight excluding hydrogens is 376 g/mol. The molecule has 2 aromatic heterocycles. The summed E-state index contributed by atoms with van der Waals surface area (Å²) in [5.74, 6) is 0.363. The number of thioether (sulfide) groups is 1. The lowest BCUT2D eigenvalue weighted by atomic mass is 10.2. The zero-order valence-corrected chi connectivity index (χ0v) is 16.3. The Morgan fingerprint density at radius 1 is 1.14 bits per heavy atom. The molecule has 0 atom stereocenters. The maximum Gasteiger partial charge on any atom is 0.276 e. The van der Waals surface area contributed by atoms with Crippen molar-refractivity contribution in [3.63, 3.8) is 0 Å². The van der Waals surface area contributed by atoms with E-state index < -0.39 is 0 Å². The van der Waals surface area contributed by atoms with Gasteiger partial charge in [-0.3, -0.25) is 4.79 Å². The van der Waals surface area contributed by atoms with Crippen LogP contribution >= 0.6 is 11.8 Å². The van der Waals surface area contributed by atoms with Crippen LogP contribution in [0.1, 0.15) is 21.7 Å². The van der Waals surface area contributed by atoms with E-state index in [4.69, 9.17) is 4.74 Å². The van der Waals surface area contributed by atoms with Gasteiger partial charge in [0, 0.05) is 31.2 Å². The van der Waals surface area contributed by atoms with Gasteiger partial charge in [-0.05, 0) is 25.1 Å². The minimum atomic E-state index is -0.119. The number of amides is 1. The molecule has 1 saturated heterocycles. The maximum atomic E-state index is 13.0. The number of nitrogens with zero attached hydrogens (tertiary/aromatic N) is 6. The third-order valence-corrected chi connectivity index (χ3v) is 5.31. The van der Waals surface area contributed by atoms with Gasteiger partial charge in [0.05, 0.1) is 24.6 Å². The normalized spacial score (nSPS) is 14.2. The Kier molecular flexibility index (Phi) is 5.63. The monoisotopic (exact) mass is 396 g/mol. The number of carbonyl (C=O) groups excluding carboxylic acids is 1. The highest BCUT2D eigenvalue weighted by Crippen LogP contribution is 2.24. The molecule has 0 spiro atoms. The van der Waals surface area contributed by atoms with Crippen molar-refractivity contribution >= 4 is 17.7 Å². The first-order valence-electron chi connectivity index (χ1n) is 9.01. The van der Waals surface area contributed by atoms with Gasteiger partial charge < -0.3 is 9.64 Å². The standard InChI is InChI=1S/C19H20N6O2S/c1-14-3-5-15(6-4-14)25-16(13-28-19-20-7-2-8-21-19)17(22-23-25)18(26)24-9-11-27-12-10-24/h2-8H,9-13H2,1H3. The lowest BCUT2D eigenvalue weighted by Gasteiger charge is -2.26. The Balaban J connectivity index is 1.66. The van der Waals surface area contributed by atoms with Crippen molar-refractivity contribution in [1.82, 2.24) is 29.9 Å². The highest BCUT2D eigenvalue weighted by Gasteiger charge is 2.26. The smallest absolute Gasteiger partial charge is 0.276 e. The third kappa shape index (κ3) is 4.05. The van der Waals surface area contributed by atoms with Gasteiger partial charge in [-0.1, -0.05) is 34.7 Å². The van der Waals surface area contributed by atoms with Crippen LogP contribution in [0.2, 0.25) is 0 Å². The second kappa shape index (κ2) is 8.49. The molecule has 8 nitrogen and oxygen atoms in total. The molecule has 1 aromatic carbocycles. The van der Waals surface area contributed by atoms with Crippen LogP contribution in [0.3, 0.4) is 0 Å². The van der Waals surface area contributed by atoms with E-state index in [9.17, 15) is 4.79 Å². The summed E-state index contributed by atoms with van der Waals surface area (Å²) in [6.45, 7) is 4.23. The number of ether oxygens (including phenoxy) is 1. The van der Waals surface area contributed by atoms with Crippen LogP contribution in [0.4, 0.5) is 0 Å². The van der Waals surface area contributed by atoms with Crippen molar-refractivity contribution in [2.45, 2.75) is 17.8 Å². The van der Waals surface area contributed by atoms with Gasteiger partial charge in [-0.25, -0.2) is 14.6 Å². The van der Waals surface area contributed by atoms with E-state index in [0.717, 1.165) is 16.9 Å². The molecule has 28 heavy (non-hydrogen) atoms. The molecule has 1 fully saturated rings. The molecule has 0 aliphatic carbocycles. The van der Waals surface area contributed by atoms with Crippen molar-refractivity contribution < 1.29 is 9.53 Å². The van der Waals surface area contributed by atoms with Gasteiger partial charge in [0.2, 0.25) is 0 Å². The SMILES string of the molecule is Cc1ccc(-n2nnc(C(=O)N3CCOCC3)c2CSc2ncccn2)cc1. The van der Waals surface area contributed by atoms with E-state index in [0.29, 0.717) is 42.9 Å². The fraction of sp³-hybridized carbons (Fsp3) is 0.316. The van der Waals surface area contributed by atoms with Crippen LogP contribution in [-0.4, -0.2) is 62.1 Å². The summed E-state index contributed by atoms with van der Waals surface area (Å²) in [7, 11) is 0. The molecule has 3 aromatic rings. The van der Waals surface area contributed by atoms with Gasteiger partial charge in [0.15, 0.2) is 10.9 Å². The molecule has 0 unspecified atom stereocenters. The molecule has 4 rings (SSSR count). The molecule has 0 radical (unpaired) electrons. The first-order chi connectivity index (χ1) is 13.7. The van der Waals surface area contributed by atoms with Crippen LogP contribution in [0.25, 0.3) is 5.69 Å². The van der Waals surface area contributed by atoms with Gasteiger partial charge in [-0.2, -0.15) is 0 Å². The fourth-order valence-electron chi connectivity index (χ4n) is 2.90. The second-order valence-corrected chi connectivity index (χ2v) is 7.30. The van der Waals surface area contributed by atoms with Gasteiger partial charge in [0.25, 0.3) is 5.91 Å². The molecule has 0 N–H and O–H groups in total. The Morgan fingerprint density at radius 3 is 2.57 bits per heavy atom. The van der Waals surface area contributed by atoms with Crippen molar-refractivity contribution in [3.8, 4) is 5.69 Å². The molecule has 1 aliphatic rings. The highest BCUT2D eigenvalue weighted by molar-refractivity contribution is 7.98. The van der Waals surface area contributed by atoms with Crippen molar-refractivity contribution in [2.24, 2.45) is 0 Å². The summed E-state index contributed by atoms with van der Waals surface area (Å²) in [5.41, 5.74) is 3.12. The Hall–Kier alpha value is -2.78. The average molecular weight is 396 g/mol. The lowest BCUT2D eigenvalue weighted by Crippen LogP contribution is -2.41. The summed E-state index contributed by atoms with van der Waals surface area (Å²) in [6.07, 6.45) is 3.40. The molecular formula is C19H20N6O2S. The van der Waals surface area contributed by atoms with Crippen LogP contribution in [0, 0.1) is 6.92 Å². The number of carbonyl (C=O) groups is 1. The number of benzene rings is 1. The number of rotatable bonds is 5. The van der Waals surface area contributed by atoms with Crippen LogP contribution in [0.15, 0.2) is 47.9 Å². The van der Waals surface area contributed by atoms with Crippen molar-refractivity contribution in [2.75, 3.05) is 26.3 Å². The molecule has 1 aliphatic heterocycles. The molecule has 9 heteroatoms. The quantitative estimate of drug-likeness (QED) is 0.482. The zero-order chi connectivity index (χ0) is 19.3. The van der Waals surface area contributed by atoms with E-state index >= 15 is 0 Å². The number of hydrogen-bond donors (Lipinski definition) is 0. The predicted octanol–water partition coefficient (Wildman–Crippen LogP) is 2.13. The summed E-state index contributed by atoms with van der Waals surface area (Å²) in [5, 5.41) is 9.15. The van der Waals surface area contributed by atoms with E-state index in [1.807, 2.05) is 31.2 Å². The predicted molar refractivity (Wildman–Crippen MR) is 104 cm³/mol. The van der Waals surface area contributed by atoms with Crippen LogP contribution in [-0.2, 0) is 10.5 Å². The van der Waals surface area contributed by atoms with E-state index in [2.05, 4.69) is 20.3 Å². The first-order valence-corrected chi connectivity index (χ1v) is 9.99. The molecule has 144 valence electrons. The third-order valence-electron chi connectivity index (χ3n) is 4.42. The maximum absolute atomic E-state index is 13.0. The fourth-order valence-corrected chi connectivity index (χ4v) is 3.70. The second-order valence-electron chi connectivity index (χ2n) is 6.36. The average Bonchev–Trinajstić information content (AvgIpc) is 3.17. The molecule has 3 heterocycles. The Labute approximate surface area is 166 Å². The van der Waals surface area contributed by atoms with E-state index in [-0.39, 0.29) is 5.91 Å². The summed E-state index contributed by atoms with van der Waals surface area (Å²) < 4.78 is 7.08. The molecule has 0 saturated carbocycles. The number of hydrogen-bond acceptors (Lipinski definition) is 7. The largest absolute Gasteiger partial charge is 0.378 e. The van der Waals surface area contributed by atoms with Gasteiger partial charge in [0.1, 0.15) is 0 Å². The van der Waals surface area contributed by atoms with Crippen LogP contribution in [0.5, 0.6) is 0 Å². The first kappa shape index (κ1) is 18.6. The summed E-state index contributed by atoms with van der Waals surface area (Å²) in [6, 6.07) is 9.74. The summed E-state index contributed by atoms with van der Waals surface area (Å²) >= 11 is 1.45. The minimum Gasteiger partial charge on any atom is -0.378 e. The van der Waals surface area contributed by atoms with Crippen molar-refractivity contribution in [3.05, 3.63) is 59.7 Å². The molecule has 0 bridgehead atoms. The number of aryl methyl sites for hydroxylation is 1. The Bertz CT molecular complexity index is 939. The number of aromatic nitrogens is 5. The lowest BCUT2D eigenvalue weighted by molar-refractivity contribution is 0.0298. The van der Waals surface area contributed by atoms with Gasteiger partial charge >= 0.3 is 0 Å². The zero-order valence-electron chi connectivity index (χ0n) is 15.5. The van der Waals surface area contributed by atoms with E-state index in [1.165, 1.54) is 11.8 Å². The van der Waals surface area contributed by atoms with Gasteiger partial charge in [-0.15, -0.1) is 5.10 Å². The van der Waals surface area contributed by atoms with E-state index in [1.54, 1.807) is 28.0 Å². The topological polar surface area (TPSA) is 86.0 Å².